The Bertz CT molecular complexity index is 2760. The van der Waals surface area contributed by atoms with Crippen LogP contribution in [0.2, 0.25) is 0 Å². The Morgan fingerprint density at radius 3 is 1.27 bits per heavy atom. The largest absolute Gasteiger partial charge is 0.309 e. The number of fused-ring (bicyclic) bond motifs is 6. The van der Waals surface area contributed by atoms with Crippen molar-refractivity contribution in [3.63, 3.8) is 0 Å². The van der Waals surface area contributed by atoms with Crippen LogP contribution >= 0.6 is 0 Å². The molecule has 10 aromatic rings. The highest BCUT2D eigenvalue weighted by Crippen LogP contribution is 2.38. The van der Waals surface area contributed by atoms with Crippen molar-refractivity contribution in [2.75, 3.05) is 0 Å². The second-order valence-electron chi connectivity index (χ2n) is 13.6. The highest BCUT2D eigenvalue weighted by atomic mass is 19.1. The molecule has 0 aliphatic carbocycles. The molecule has 0 spiro atoms. The third kappa shape index (κ3) is 4.78. The quantitative estimate of drug-likeness (QED) is 0.173. The monoisotopic (exact) mass is 668 g/mol. The molecule has 0 aliphatic rings. The molecule has 0 unspecified atom stereocenters. The molecule has 246 valence electrons. The topological polar surface area (TPSA) is 9.86 Å². The Hall–Kier alpha value is -6.71. The first-order valence-electron chi connectivity index (χ1n) is 17.7. The van der Waals surface area contributed by atoms with Gasteiger partial charge in [0, 0.05) is 38.5 Å². The molecular weight excluding hydrogens is 636 g/mol. The normalized spacial score (nSPS) is 11.7. The zero-order chi connectivity index (χ0) is 34.8. The van der Waals surface area contributed by atoms with E-state index in [0.29, 0.717) is 5.56 Å². The third-order valence-corrected chi connectivity index (χ3v) is 10.6. The molecule has 0 N–H and O–H groups in total. The second kappa shape index (κ2) is 12.0. The van der Waals surface area contributed by atoms with Gasteiger partial charge < -0.3 is 9.13 Å². The molecule has 0 atom stereocenters. The molecule has 52 heavy (non-hydrogen) atoms. The lowest BCUT2D eigenvalue weighted by Gasteiger charge is -2.12. The Morgan fingerprint density at radius 1 is 0.346 bits per heavy atom. The van der Waals surface area contributed by atoms with E-state index in [0.717, 1.165) is 49.9 Å². The van der Waals surface area contributed by atoms with Crippen LogP contribution in [0.4, 0.5) is 4.39 Å². The minimum atomic E-state index is -0.211. The van der Waals surface area contributed by atoms with Crippen molar-refractivity contribution in [3.8, 4) is 44.8 Å². The SMILES string of the molecule is Cc1ccccc1-c1ccc2c(c1)c1ccccc1n2-c1ccc(-c2ccc(-n3c4ccccc4c4cc(-c5ccccc5F)ccc43)cc2)cc1. The summed E-state index contributed by atoms with van der Waals surface area (Å²) in [5.74, 6) is -0.211. The van der Waals surface area contributed by atoms with Crippen LogP contribution in [-0.4, -0.2) is 9.13 Å². The minimum absolute atomic E-state index is 0.211. The Morgan fingerprint density at radius 2 is 0.750 bits per heavy atom. The van der Waals surface area contributed by atoms with E-state index in [2.05, 4.69) is 168 Å². The predicted octanol–water partition coefficient (Wildman–Crippen LogP) is 13.3. The van der Waals surface area contributed by atoms with Crippen LogP contribution in [0.1, 0.15) is 5.56 Å². The van der Waals surface area contributed by atoms with Gasteiger partial charge in [0.15, 0.2) is 0 Å². The van der Waals surface area contributed by atoms with Gasteiger partial charge in [-0.1, -0.05) is 115 Å². The molecule has 0 fully saturated rings. The molecule has 3 heteroatoms. The van der Waals surface area contributed by atoms with Gasteiger partial charge >= 0.3 is 0 Å². The Balaban J connectivity index is 1.01. The van der Waals surface area contributed by atoms with Crippen molar-refractivity contribution in [1.29, 1.82) is 0 Å². The maximum atomic E-state index is 14.7. The lowest BCUT2D eigenvalue weighted by Crippen LogP contribution is -1.95. The van der Waals surface area contributed by atoms with E-state index < -0.39 is 0 Å². The highest BCUT2D eigenvalue weighted by molar-refractivity contribution is 6.11. The molecule has 2 nitrogen and oxygen atoms in total. The van der Waals surface area contributed by atoms with E-state index in [1.54, 1.807) is 6.07 Å². The number of halogens is 1. The van der Waals surface area contributed by atoms with Crippen LogP contribution in [0.3, 0.4) is 0 Å². The summed E-state index contributed by atoms with van der Waals surface area (Å²) in [7, 11) is 0. The summed E-state index contributed by atoms with van der Waals surface area (Å²) < 4.78 is 19.4. The predicted molar refractivity (Wildman–Crippen MR) is 216 cm³/mol. The molecule has 2 aromatic heterocycles. The fraction of sp³-hybridized carbons (Fsp3) is 0.0204. The zero-order valence-electron chi connectivity index (χ0n) is 28.6. The van der Waals surface area contributed by atoms with Gasteiger partial charge in [0.1, 0.15) is 5.82 Å². The summed E-state index contributed by atoms with van der Waals surface area (Å²) in [6.07, 6.45) is 0. The van der Waals surface area contributed by atoms with Crippen molar-refractivity contribution in [2.24, 2.45) is 0 Å². The fourth-order valence-electron chi connectivity index (χ4n) is 8.04. The zero-order valence-corrected chi connectivity index (χ0v) is 28.6. The van der Waals surface area contributed by atoms with Crippen molar-refractivity contribution >= 4 is 43.6 Å². The molecular formula is C49H33FN2. The summed E-state index contributed by atoms with van der Waals surface area (Å²) >= 11 is 0. The van der Waals surface area contributed by atoms with E-state index in [4.69, 9.17) is 0 Å². The summed E-state index contributed by atoms with van der Waals surface area (Å²) in [4.78, 5) is 0. The maximum Gasteiger partial charge on any atom is 0.131 e. The van der Waals surface area contributed by atoms with Gasteiger partial charge in [-0.05, 0) is 107 Å². The van der Waals surface area contributed by atoms with E-state index in [9.17, 15) is 4.39 Å². The van der Waals surface area contributed by atoms with Crippen molar-refractivity contribution in [2.45, 2.75) is 6.92 Å². The molecule has 0 saturated heterocycles. The number of hydrogen-bond donors (Lipinski definition) is 0. The van der Waals surface area contributed by atoms with Crippen molar-refractivity contribution in [3.05, 3.63) is 193 Å². The maximum absolute atomic E-state index is 14.7. The molecule has 8 aromatic carbocycles. The van der Waals surface area contributed by atoms with E-state index in [1.807, 2.05) is 18.2 Å². The molecule has 0 bridgehead atoms. The number of aryl methyl sites for hydroxylation is 1. The number of rotatable bonds is 5. The van der Waals surface area contributed by atoms with Crippen molar-refractivity contribution in [1.82, 2.24) is 9.13 Å². The number of para-hydroxylation sites is 2. The van der Waals surface area contributed by atoms with Gasteiger partial charge in [0.2, 0.25) is 0 Å². The standard InChI is InChI=1S/C49H33FN2/c1-32-10-2-3-11-39(32)35-22-28-48-43(30-35)41-13-5-8-16-46(41)51(48)37-24-18-33(19-25-37)34-20-26-38(27-21-34)52-47-17-9-6-14-42(47)44-31-36(23-29-49(44)52)40-12-4-7-15-45(40)50/h2-31H,1H3. The van der Waals surface area contributed by atoms with Crippen LogP contribution < -0.4 is 0 Å². The molecule has 0 radical (unpaired) electrons. The Labute approximate surface area is 301 Å². The highest BCUT2D eigenvalue weighted by Gasteiger charge is 2.16. The fourth-order valence-corrected chi connectivity index (χ4v) is 8.04. The van der Waals surface area contributed by atoms with Gasteiger partial charge in [-0.15, -0.1) is 0 Å². The minimum Gasteiger partial charge on any atom is -0.309 e. The lowest BCUT2D eigenvalue weighted by molar-refractivity contribution is 0.631. The van der Waals surface area contributed by atoms with Crippen molar-refractivity contribution < 1.29 is 4.39 Å². The first-order chi connectivity index (χ1) is 25.6. The summed E-state index contributed by atoms with van der Waals surface area (Å²) in [6.45, 7) is 2.17. The number of hydrogen-bond acceptors (Lipinski definition) is 0. The van der Waals surface area contributed by atoms with Crippen LogP contribution in [0.25, 0.3) is 88.4 Å². The molecule has 0 aliphatic heterocycles. The van der Waals surface area contributed by atoms with E-state index >= 15 is 0 Å². The van der Waals surface area contributed by atoms with Crippen LogP contribution in [0.15, 0.2) is 182 Å². The first-order valence-corrected chi connectivity index (χ1v) is 17.7. The van der Waals surface area contributed by atoms with Crippen LogP contribution in [0, 0.1) is 12.7 Å². The number of aromatic nitrogens is 2. The van der Waals surface area contributed by atoms with Gasteiger partial charge in [-0.25, -0.2) is 4.39 Å². The average molecular weight is 669 g/mol. The van der Waals surface area contributed by atoms with Gasteiger partial charge in [0.05, 0.1) is 22.1 Å². The van der Waals surface area contributed by atoms with Gasteiger partial charge in [-0.3, -0.25) is 0 Å². The summed E-state index contributed by atoms with van der Waals surface area (Å²) in [5, 5.41) is 4.75. The second-order valence-corrected chi connectivity index (χ2v) is 13.6. The smallest absolute Gasteiger partial charge is 0.131 e. The number of benzene rings is 8. The Kier molecular flexibility index (Phi) is 6.94. The van der Waals surface area contributed by atoms with E-state index in [-0.39, 0.29) is 5.82 Å². The molecule has 2 heterocycles. The average Bonchev–Trinajstić information content (AvgIpc) is 3.71. The van der Waals surface area contributed by atoms with Gasteiger partial charge in [0.25, 0.3) is 0 Å². The van der Waals surface area contributed by atoms with Gasteiger partial charge in [-0.2, -0.15) is 0 Å². The molecule has 10 rings (SSSR count). The lowest BCUT2D eigenvalue weighted by atomic mass is 9.99. The van der Waals surface area contributed by atoms with Crippen LogP contribution in [0.5, 0.6) is 0 Å². The van der Waals surface area contributed by atoms with Crippen LogP contribution in [-0.2, 0) is 0 Å². The third-order valence-electron chi connectivity index (χ3n) is 10.6. The summed E-state index contributed by atoms with van der Waals surface area (Å²) in [5.41, 5.74) is 14.4. The molecule has 0 saturated carbocycles. The number of nitrogens with zero attached hydrogens (tertiary/aromatic N) is 2. The molecule has 0 amide bonds. The first kappa shape index (κ1) is 30.1. The van der Waals surface area contributed by atoms with E-state index in [1.165, 1.54) is 44.6 Å². The summed E-state index contributed by atoms with van der Waals surface area (Å²) in [6, 6.07) is 63.5.